The van der Waals surface area contributed by atoms with Crippen LogP contribution in [0.4, 0.5) is 4.39 Å². The molecule has 2 aromatic carbocycles. The zero-order chi connectivity index (χ0) is 28.0. The summed E-state index contributed by atoms with van der Waals surface area (Å²) in [4.78, 5) is 44.5. The molecular formula is C30H34FN3O4S. The summed E-state index contributed by atoms with van der Waals surface area (Å²) in [7, 11) is 1.57. The number of carbonyl (C=O) groups excluding carboxylic acids is 3. The quantitative estimate of drug-likeness (QED) is 0.341. The predicted molar refractivity (Wildman–Crippen MR) is 149 cm³/mol. The van der Waals surface area contributed by atoms with E-state index in [1.807, 2.05) is 18.7 Å². The Bertz CT molecular complexity index is 1300. The Labute approximate surface area is 232 Å². The second kappa shape index (κ2) is 12.5. The van der Waals surface area contributed by atoms with E-state index in [9.17, 15) is 18.8 Å². The fourth-order valence-corrected chi connectivity index (χ4v) is 5.75. The molecule has 1 aliphatic heterocycles. The van der Waals surface area contributed by atoms with Gasteiger partial charge < -0.3 is 15.0 Å². The number of hydrogen-bond acceptors (Lipinski definition) is 6. The number of ketones is 1. The molecule has 4 rings (SSSR count). The van der Waals surface area contributed by atoms with Gasteiger partial charge in [-0.15, -0.1) is 11.3 Å². The van der Waals surface area contributed by atoms with E-state index >= 15 is 0 Å². The predicted octanol–water partition coefficient (Wildman–Crippen LogP) is 5.41. The van der Waals surface area contributed by atoms with Crippen molar-refractivity contribution >= 4 is 28.9 Å². The van der Waals surface area contributed by atoms with Gasteiger partial charge in [0.25, 0.3) is 5.91 Å². The van der Waals surface area contributed by atoms with Crippen molar-refractivity contribution in [2.75, 3.05) is 20.2 Å². The van der Waals surface area contributed by atoms with Gasteiger partial charge in [0.1, 0.15) is 17.3 Å². The Morgan fingerprint density at radius 3 is 2.36 bits per heavy atom. The maximum atomic E-state index is 13.2. The number of ether oxygens (including phenoxy) is 1. The van der Waals surface area contributed by atoms with E-state index in [1.54, 1.807) is 48.9 Å². The lowest BCUT2D eigenvalue weighted by Gasteiger charge is -2.31. The van der Waals surface area contributed by atoms with Crippen LogP contribution in [0.3, 0.4) is 0 Å². The maximum Gasteiger partial charge on any atom is 0.271 e. The van der Waals surface area contributed by atoms with Gasteiger partial charge in [-0.2, -0.15) is 0 Å². The highest BCUT2D eigenvalue weighted by Gasteiger charge is 2.28. The van der Waals surface area contributed by atoms with Crippen molar-refractivity contribution in [3.05, 3.63) is 81.6 Å². The molecule has 0 bridgehead atoms. The number of Topliss-reactive ketones (excluding diaryl/α,β-unsaturated/α-hetero) is 1. The average Bonchev–Trinajstić information content (AvgIpc) is 3.43. The number of carbonyl (C=O) groups is 3. The molecule has 1 aromatic heterocycles. The third-order valence-corrected chi connectivity index (χ3v) is 7.95. The fourth-order valence-electron chi connectivity index (χ4n) is 4.78. The third-order valence-electron chi connectivity index (χ3n) is 6.94. The molecule has 1 saturated heterocycles. The van der Waals surface area contributed by atoms with Gasteiger partial charge in [-0.25, -0.2) is 9.37 Å². The van der Waals surface area contributed by atoms with Crippen LogP contribution in [-0.2, 0) is 11.2 Å². The first-order valence-electron chi connectivity index (χ1n) is 13.1. The first-order valence-corrected chi connectivity index (χ1v) is 14.0. The lowest BCUT2D eigenvalue weighted by atomic mass is 9.94. The number of amides is 2. The van der Waals surface area contributed by atoms with Gasteiger partial charge in [0.2, 0.25) is 5.91 Å². The van der Waals surface area contributed by atoms with Crippen molar-refractivity contribution in [1.29, 1.82) is 0 Å². The van der Waals surface area contributed by atoms with Crippen LogP contribution in [0, 0.1) is 5.82 Å². The minimum Gasteiger partial charge on any atom is -0.497 e. The van der Waals surface area contributed by atoms with Crippen LogP contribution in [0.1, 0.15) is 76.9 Å². The number of rotatable bonds is 10. The summed E-state index contributed by atoms with van der Waals surface area (Å²) in [5.41, 5.74) is 1.37. The number of aromatic nitrogens is 1. The highest BCUT2D eigenvalue weighted by atomic mass is 32.1. The molecule has 3 aromatic rings. The average molecular weight is 552 g/mol. The van der Waals surface area contributed by atoms with Crippen LogP contribution >= 0.6 is 11.3 Å². The van der Waals surface area contributed by atoms with Crippen molar-refractivity contribution in [3.63, 3.8) is 0 Å². The van der Waals surface area contributed by atoms with Gasteiger partial charge in [0, 0.05) is 48.3 Å². The summed E-state index contributed by atoms with van der Waals surface area (Å²) in [5.74, 6) is 0.274. The smallest absolute Gasteiger partial charge is 0.271 e. The summed E-state index contributed by atoms with van der Waals surface area (Å²) in [6.07, 6.45) is 2.46. The number of hydrogen-bond donors (Lipinski definition) is 1. The standard InChI is InChI=1S/C30H34FN3O4S/c1-30(2,18-20-4-8-23(31)9-5-20)33-28(37)25-19-39-29(32-25)22-14-16-34(17-15-22)27(36)13-12-26(35)21-6-10-24(38-3)11-7-21/h4-11,19,22H,12-18H2,1-3H3,(H,33,37). The molecule has 1 aliphatic rings. The van der Waals surface area contributed by atoms with Crippen LogP contribution < -0.4 is 10.1 Å². The second-order valence-electron chi connectivity index (χ2n) is 10.5. The second-order valence-corrected chi connectivity index (χ2v) is 11.4. The number of likely N-dealkylation sites (tertiary alicyclic amines) is 1. The lowest BCUT2D eigenvalue weighted by molar-refractivity contribution is -0.132. The molecule has 0 radical (unpaired) electrons. The minimum absolute atomic E-state index is 0.0158. The Kier molecular flexibility index (Phi) is 9.12. The number of halogens is 1. The summed E-state index contributed by atoms with van der Waals surface area (Å²) in [5, 5.41) is 5.72. The maximum absolute atomic E-state index is 13.2. The van der Waals surface area contributed by atoms with Crippen LogP contribution in [0.15, 0.2) is 53.9 Å². The molecule has 206 valence electrons. The number of methoxy groups -OCH3 is 1. The van der Waals surface area contributed by atoms with E-state index in [1.165, 1.54) is 23.5 Å². The number of piperidine rings is 1. The molecule has 0 saturated carbocycles. The van der Waals surface area contributed by atoms with Crippen LogP contribution in [0.5, 0.6) is 5.75 Å². The van der Waals surface area contributed by atoms with Crippen molar-refractivity contribution in [2.24, 2.45) is 0 Å². The van der Waals surface area contributed by atoms with Crippen molar-refractivity contribution < 1.29 is 23.5 Å². The van der Waals surface area contributed by atoms with Gasteiger partial charge in [-0.1, -0.05) is 12.1 Å². The molecule has 0 spiro atoms. The number of thiazole rings is 1. The molecular weight excluding hydrogens is 517 g/mol. The molecule has 2 heterocycles. The first kappa shape index (κ1) is 28.4. The molecule has 9 heteroatoms. The van der Waals surface area contributed by atoms with Gasteiger partial charge in [-0.05, 0) is 75.1 Å². The molecule has 7 nitrogen and oxygen atoms in total. The zero-order valence-electron chi connectivity index (χ0n) is 22.5. The summed E-state index contributed by atoms with van der Waals surface area (Å²) < 4.78 is 18.3. The summed E-state index contributed by atoms with van der Waals surface area (Å²) in [6, 6.07) is 13.2. The molecule has 0 atom stereocenters. The van der Waals surface area contributed by atoms with E-state index in [4.69, 9.17) is 4.74 Å². The largest absolute Gasteiger partial charge is 0.497 e. The molecule has 1 fully saturated rings. The Morgan fingerprint density at radius 1 is 1.05 bits per heavy atom. The number of benzene rings is 2. The topological polar surface area (TPSA) is 88.6 Å². The molecule has 0 aliphatic carbocycles. The fraction of sp³-hybridized carbons (Fsp3) is 0.400. The normalized spacial score (nSPS) is 14.2. The number of nitrogens with zero attached hydrogens (tertiary/aromatic N) is 2. The molecule has 1 N–H and O–H groups in total. The van der Waals surface area contributed by atoms with E-state index in [2.05, 4.69) is 10.3 Å². The lowest BCUT2D eigenvalue weighted by Crippen LogP contribution is -2.45. The number of nitrogens with one attached hydrogen (secondary N) is 1. The monoisotopic (exact) mass is 551 g/mol. The van der Waals surface area contributed by atoms with E-state index in [-0.39, 0.29) is 42.2 Å². The van der Waals surface area contributed by atoms with Crippen LogP contribution in [-0.4, -0.2) is 53.2 Å². The van der Waals surface area contributed by atoms with Crippen molar-refractivity contribution in [2.45, 2.75) is 57.4 Å². The Balaban J connectivity index is 1.24. The third kappa shape index (κ3) is 7.72. The minimum atomic E-state index is -0.529. The van der Waals surface area contributed by atoms with Crippen LogP contribution in [0.25, 0.3) is 0 Å². The summed E-state index contributed by atoms with van der Waals surface area (Å²) in [6.45, 7) is 5.07. The van der Waals surface area contributed by atoms with Gasteiger partial charge in [0.15, 0.2) is 5.78 Å². The van der Waals surface area contributed by atoms with Crippen molar-refractivity contribution in [3.8, 4) is 5.75 Å². The molecule has 2 amide bonds. The highest BCUT2D eigenvalue weighted by Crippen LogP contribution is 2.31. The van der Waals surface area contributed by atoms with E-state index in [0.717, 1.165) is 23.4 Å². The summed E-state index contributed by atoms with van der Waals surface area (Å²) >= 11 is 1.47. The zero-order valence-corrected chi connectivity index (χ0v) is 23.4. The molecule has 39 heavy (non-hydrogen) atoms. The highest BCUT2D eigenvalue weighted by molar-refractivity contribution is 7.09. The van der Waals surface area contributed by atoms with Crippen LogP contribution in [0.2, 0.25) is 0 Å². The van der Waals surface area contributed by atoms with Gasteiger partial charge in [-0.3, -0.25) is 14.4 Å². The SMILES string of the molecule is COc1ccc(C(=O)CCC(=O)N2CCC(c3nc(C(=O)NC(C)(C)Cc4ccc(F)cc4)cs3)CC2)cc1. The first-order chi connectivity index (χ1) is 18.6. The van der Waals surface area contributed by atoms with E-state index < -0.39 is 5.54 Å². The van der Waals surface area contributed by atoms with E-state index in [0.29, 0.717) is 36.5 Å². The molecule has 0 unspecified atom stereocenters. The van der Waals surface area contributed by atoms with Crippen molar-refractivity contribution in [1.82, 2.24) is 15.2 Å². The Morgan fingerprint density at radius 2 is 1.72 bits per heavy atom. The Hall–Kier alpha value is -3.59. The van der Waals surface area contributed by atoms with Gasteiger partial charge in [0.05, 0.1) is 12.1 Å². The van der Waals surface area contributed by atoms with Gasteiger partial charge >= 0.3 is 0 Å².